The second-order valence-corrected chi connectivity index (χ2v) is 4.56. The van der Waals surface area contributed by atoms with Crippen LogP contribution in [0.4, 0.5) is 13.2 Å². The number of methoxy groups -OCH3 is 1. The lowest BCUT2D eigenvalue weighted by Crippen LogP contribution is -2.29. The van der Waals surface area contributed by atoms with Gasteiger partial charge in [0.2, 0.25) is 0 Å². The summed E-state index contributed by atoms with van der Waals surface area (Å²) < 4.78 is 45.1. The summed E-state index contributed by atoms with van der Waals surface area (Å²) in [5, 5.41) is 3.31. The maximum atomic E-state index is 11.9. The highest BCUT2D eigenvalue weighted by atomic mass is 19.4. The van der Waals surface area contributed by atoms with E-state index in [1.54, 1.807) is 31.4 Å². The summed E-state index contributed by atoms with van der Waals surface area (Å²) in [5.74, 6) is 0.243. The number of fused-ring (bicyclic) bond motifs is 1. The molecule has 1 aromatic heterocycles. The Bertz CT molecular complexity index is 652. The smallest absolute Gasteiger partial charge is 0.411 e. The number of hydrogen-bond donors (Lipinski definition) is 2. The molecule has 120 valence electrons. The summed E-state index contributed by atoms with van der Waals surface area (Å²) in [6.45, 7) is -1.54. The van der Waals surface area contributed by atoms with Gasteiger partial charge in [0, 0.05) is 23.5 Å². The highest BCUT2D eigenvalue weighted by Gasteiger charge is 2.27. The second-order valence-electron chi connectivity index (χ2n) is 4.56. The zero-order valence-electron chi connectivity index (χ0n) is 11.8. The molecule has 1 aromatic carbocycles. The number of aromatic amines is 1. The van der Waals surface area contributed by atoms with Gasteiger partial charge in [-0.2, -0.15) is 13.2 Å². The molecule has 0 spiro atoms. The molecule has 0 fully saturated rings. The van der Waals surface area contributed by atoms with Crippen molar-refractivity contribution in [1.82, 2.24) is 10.3 Å². The van der Waals surface area contributed by atoms with Crippen LogP contribution in [-0.4, -0.2) is 43.9 Å². The third kappa shape index (κ3) is 4.39. The Morgan fingerprint density at radius 3 is 2.77 bits per heavy atom. The maximum absolute atomic E-state index is 11.9. The van der Waals surface area contributed by atoms with Crippen LogP contribution in [0.25, 0.3) is 10.9 Å². The molecule has 5 nitrogen and oxygen atoms in total. The van der Waals surface area contributed by atoms with Gasteiger partial charge in [0.1, 0.15) is 18.1 Å². The van der Waals surface area contributed by atoms with Crippen LogP contribution < -0.4 is 10.1 Å². The van der Waals surface area contributed by atoms with E-state index in [9.17, 15) is 18.0 Å². The zero-order valence-corrected chi connectivity index (χ0v) is 11.8. The zero-order chi connectivity index (χ0) is 16.2. The van der Waals surface area contributed by atoms with Crippen molar-refractivity contribution in [2.24, 2.45) is 0 Å². The Balaban J connectivity index is 1.87. The van der Waals surface area contributed by atoms with Gasteiger partial charge < -0.3 is 19.8 Å². The SMILES string of the molecule is COc1ccc2cc(C(=O)NCCOCC(F)(F)F)[nH]c2c1. The first-order valence-electron chi connectivity index (χ1n) is 6.48. The predicted molar refractivity (Wildman–Crippen MR) is 74.1 cm³/mol. The van der Waals surface area contributed by atoms with Crippen molar-refractivity contribution in [2.45, 2.75) is 6.18 Å². The lowest BCUT2D eigenvalue weighted by Gasteiger charge is -2.07. The Morgan fingerprint density at radius 1 is 1.32 bits per heavy atom. The molecule has 1 heterocycles. The third-order valence-electron chi connectivity index (χ3n) is 2.87. The van der Waals surface area contributed by atoms with Gasteiger partial charge in [-0.15, -0.1) is 0 Å². The van der Waals surface area contributed by atoms with Gasteiger partial charge in [-0.1, -0.05) is 0 Å². The summed E-state index contributed by atoms with van der Waals surface area (Å²) in [6.07, 6.45) is -4.36. The van der Waals surface area contributed by atoms with E-state index >= 15 is 0 Å². The molecule has 0 unspecified atom stereocenters. The Morgan fingerprint density at radius 2 is 2.09 bits per heavy atom. The number of amides is 1. The molecule has 2 rings (SSSR count). The molecular weight excluding hydrogens is 301 g/mol. The topological polar surface area (TPSA) is 63.4 Å². The van der Waals surface area contributed by atoms with Gasteiger partial charge in [0.25, 0.3) is 5.91 Å². The molecule has 0 saturated heterocycles. The first kappa shape index (κ1) is 16.2. The number of halogens is 3. The van der Waals surface area contributed by atoms with Crippen molar-refractivity contribution in [3.63, 3.8) is 0 Å². The lowest BCUT2D eigenvalue weighted by molar-refractivity contribution is -0.173. The van der Waals surface area contributed by atoms with E-state index in [0.717, 1.165) is 10.9 Å². The lowest BCUT2D eigenvalue weighted by atomic mass is 10.2. The number of hydrogen-bond acceptors (Lipinski definition) is 3. The van der Waals surface area contributed by atoms with Crippen LogP contribution in [0.3, 0.4) is 0 Å². The van der Waals surface area contributed by atoms with E-state index in [0.29, 0.717) is 11.4 Å². The molecule has 8 heteroatoms. The molecule has 0 saturated carbocycles. The quantitative estimate of drug-likeness (QED) is 0.805. The standard InChI is InChI=1S/C14H15F3N2O3/c1-21-10-3-2-9-6-12(19-11(9)7-10)13(20)18-4-5-22-8-14(15,16)17/h2-3,6-7,19H,4-5,8H2,1H3,(H,18,20). The summed E-state index contributed by atoms with van der Waals surface area (Å²) in [4.78, 5) is 14.8. The number of aromatic nitrogens is 1. The minimum atomic E-state index is -4.36. The molecule has 0 bridgehead atoms. The number of carbonyl (C=O) groups is 1. The number of nitrogens with one attached hydrogen (secondary N) is 2. The fourth-order valence-corrected chi connectivity index (χ4v) is 1.88. The van der Waals surface area contributed by atoms with Crippen molar-refractivity contribution in [3.05, 3.63) is 30.0 Å². The molecule has 0 aliphatic carbocycles. The minimum absolute atomic E-state index is 0.00635. The fourth-order valence-electron chi connectivity index (χ4n) is 1.88. The maximum Gasteiger partial charge on any atom is 0.411 e. The van der Waals surface area contributed by atoms with E-state index in [-0.39, 0.29) is 13.2 Å². The predicted octanol–water partition coefficient (Wildman–Crippen LogP) is 2.49. The molecule has 22 heavy (non-hydrogen) atoms. The van der Waals surface area contributed by atoms with Crippen molar-refractivity contribution in [2.75, 3.05) is 26.9 Å². The van der Waals surface area contributed by atoms with E-state index in [4.69, 9.17) is 4.74 Å². The summed E-state index contributed by atoms with van der Waals surface area (Å²) in [7, 11) is 1.54. The summed E-state index contributed by atoms with van der Waals surface area (Å²) >= 11 is 0. The largest absolute Gasteiger partial charge is 0.497 e. The number of benzene rings is 1. The van der Waals surface area contributed by atoms with Crippen LogP contribution >= 0.6 is 0 Å². The van der Waals surface area contributed by atoms with Crippen molar-refractivity contribution in [3.8, 4) is 5.75 Å². The molecule has 0 aliphatic heterocycles. The molecule has 2 aromatic rings. The molecule has 2 N–H and O–H groups in total. The van der Waals surface area contributed by atoms with Crippen LogP contribution in [0, 0.1) is 0 Å². The van der Waals surface area contributed by atoms with Crippen molar-refractivity contribution in [1.29, 1.82) is 0 Å². The Hall–Kier alpha value is -2.22. The van der Waals surface area contributed by atoms with Gasteiger partial charge in [0.15, 0.2) is 0 Å². The highest BCUT2D eigenvalue weighted by molar-refractivity contribution is 5.98. The fraction of sp³-hybridized carbons (Fsp3) is 0.357. The van der Waals surface area contributed by atoms with Crippen molar-refractivity contribution < 1.29 is 27.4 Å². The molecule has 1 amide bonds. The van der Waals surface area contributed by atoms with E-state index in [2.05, 4.69) is 15.0 Å². The molecular formula is C14H15F3N2O3. The monoisotopic (exact) mass is 316 g/mol. The van der Waals surface area contributed by atoms with Gasteiger partial charge in [-0.05, 0) is 18.2 Å². The first-order valence-corrected chi connectivity index (χ1v) is 6.48. The van der Waals surface area contributed by atoms with Crippen LogP contribution in [0.2, 0.25) is 0 Å². The normalized spacial score (nSPS) is 11.6. The molecule has 0 atom stereocenters. The number of rotatable bonds is 6. The number of carbonyl (C=O) groups excluding carboxylic acids is 1. The van der Waals surface area contributed by atoms with E-state index in [1.807, 2.05) is 0 Å². The summed E-state index contributed by atoms with van der Waals surface area (Å²) in [5.41, 5.74) is 1.05. The molecule has 0 radical (unpaired) electrons. The third-order valence-corrected chi connectivity index (χ3v) is 2.87. The first-order chi connectivity index (χ1) is 10.4. The average Bonchev–Trinajstić information content (AvgIpc) is 2.88. The van der Waals surface area contributed by atoms with Gasteiger partial charge in [0.05, 0.1) is 13.7 Å². The number of alkyl halides is 3. The van der Waals surface area contributed by atoms with Crippen LogP contribution in [0.15, 0.2) is 24.3 Å². The van der Waals surface area contributed by atoms with E-state index in [1.165, 1.54) is 0 Å². The van der Waals surface area contributed by atoms with Crippen molar-refractivity contribution >= 4 is 16.8 Å². The van der Waals surface area contributed by atoms with Gasteiger partial charge >= 0.3 is 6.18 Å². The van der Waals surface area contributed by atoms with Crippen LogP contribution in [-0.2, 0) is 4.74 Å². The number of ether oxygens (including phenoxy) is 2. The second kappa shape index (κ2) is 6.69. The average molecular weight is 316 g/mol. The van der Waals surface area contributed by atoms with Gasteiger partial charge in [-0.3, -0.25) is 4.79 Å². The highest BCUT2D eigenvalue weighted by Crippen LogP contribution is 2.21. The van der Waals surface area contributed by atoms with Gasteiger partial charge in [-0.25, -0.2) is 0 Å². The van der Waals surface area contributed by atoms with E-state index < -0.39 is 18.7 Å². The van der Waals surface area contributed by atoms with Crippen LogP contribution in [0.1, 0.15) is 10.5 Å². The van der Waals surface area contributed by atoms with Crippen LogP contribution in [0.5, 0.6) is 5.75 Å². The minimum Gasteiger partial charge on any atom is -0.497 e. The number of H-pyrrole nitrogens is 1. The molecule has 0 aliphatic rings. The summed E-state index contributed by atoms with van der Waals surface area (Å²) in [6, 6.07) is 6.97. The Labute approximate surface area is 124 Å². The Kier molecular flexibility index (Phi) is 4.92.